The van der Waals surface area contributed by atoms with Gasteiger partial charge >= 0.3 is 5.97 Å². The second-order valence-electron chi connectivity index (χ2n) is 3.60. The molecule has 0 aliphatic carbocycles. The zero-order valence-corrected chi connectivity index (χ0v) is 9.74. The van der Waals surface area contributed by atoms with Crippen molar-refractivity contribution in [2.75, 3.05) is 7.11 Å². The maximum absolute atomic E-state index is 10.9. The van der Waals surface area contributed by atoms with Gasteiger partial charge in [0.2, 0.25) is 0 Å². The number of esters is 1. The van der Waals surface area contributed by atoms with E-state index in [1.807, 2.05) is 0 Å². The molecule has 0 radical (unpaired) electrons. The number of nitrogens with two attached hydrogens (primary N) is 1. The summed E-state index contributed by atoms with van der Waals surface area (Å²) in [6, 6.07) is 4.26. The number of hydrogen-bond acceptors (Lipinski definition) is 6. The number of primary amides is 1. The number of hydrogen-bond donors (Lipinski definition) is 3. The maximum Gasteiger partial charge on any atom is 0.308 e. The van der Waals surface area contributed by atoms with Crippen molar-refractivity contribution in [3.8, 4) is 0 Å². The molecule has 0 saturated carbocycles. The molecule has 4 N–H and O–H groups in total. The number of rotatable bonds is 5. The van der Waals surface area contributed by atoms with Crippen molar-refractivity contribution in [2.24, 2.45) is 5.73 Å². The van der Waals surface area contributed by atoms with Crippen LogP contribution >= 0.6 is 0 Å². The molecule has 0 fully saturated rings. The molecule has 0 saturated heterocycles. The van der Waals surface area contributed by atoms with Crippen molar-refractivity contribution in [3.05, 3.63) is 29.6 Å². The standard InChI is InChI=1S/C11H14N2O5/c1-18-9(15)5-8(14)10(16)6-3-2-4-7(13-6)11(12)17/h2-4,8,10,14,16H,5H2,1H3,(H2,12,17). The number of ether oxygens (including phenoxy) is 1. The second kappa shape index (κ2) is 6.08. The first-order valence-corrected chi connectivity index (χ1v) is 5.15. The van der Waals surface area contributed by atoms with Crippen LogP contribution in [0.25, 0.3) is 0 Å². The highest BCUT2D eigenvalue weighted by molar-refractivity contribution is 5.90. The molecule has 0 aromatic carbocycles. The topological polar surface area (TPSA) is 123 Å². The van der Waals surface area contributed by atoms with E-state index in [-0.39, 0.29) is 17.8 Å². The van der Waals surface area contributed by atoms with Gasteiger partial charge in [-0.25, -0.2) is 4.98 Å². The third-order valence-corrected chi connectivity index (χ3v) is 2.29. The first-order chi connectivity index (χ1) is 8.45. The molecular weight excluding hydrogens is 240 g/mol. The van der Waals surface area contributed by atoms with E-state index in [1.54, 1.807) is 0 Å². The van der Waals surface area contributed by atoms with Gasteiger partial charge in [0.1, 0.15) is 11.8 Å². The summed E-state index contributed by atoms with van der Waals surface area (Å²) in [6.45, 7) is 0. The normalized spacial score (nSPS) is 13.7. The molecule has 18 heavy (non-hydrogen) atoms. The molecule has 0 aliphatic rings. The van der Waals surface area contributed by atoms with Gasteiger partial charge in [-0.2, -0.15) is 0 Å². The quantitative estimate of drug-likeness (QED) is 0.587. The van der Waals surface area contributed by atoms with Gasteiger partial charge in [-0.15, -0.1) is 0 Å². The molecule has 1 rings (SSSR count). The van der Waals surface area contributed by atoms with Crippen LogP contribution in [0.4, 0.5) is 0 Å². The Morgan fingerprint density at radius 1 is 1.44 bits per heavy atom. The van der Waals surface area contributed by atoms with E-state index < -0.39 is 24.1 Å². The summed E-state index contributed by atoms with van der Waals surface area (Å²) in [5, 5.41) is 19.4. The Bertz CT molecular complexity index is 449. The predicted molar refractivity (Wildman–Crippen MR) is 60.4 cm³/mol. The zero-order chi connectivity index (χ0) is 13.7. The lowest BCUT2D eigenvalue weighted by molar-refractivity contribution is -0.144. The van der Waals surface area contributed by atoms with Crippen LogP contribution in [0.1, 0.15) is 28.7 Å². The van der Waals surface area contributed by atoms with Crippen LogP contribution in [0.5, 0.6) is 0 Å². The molecular formula is C11H14N2O5. The lowest BCUT2D eigenvalue weighted by Crippen LogP contribution is -2.24. The SMILES string of the molecule is COC(=O)CC(O)C(O)c1cccc(C(N)=O)n1. The number of aliphatic hydroxyl groups is 2. The molecule has 7 heteroatoms. The van der Waals surface area contributed by atoms with E-state index in [2.05, 4.69) is 9.72 Å². The van der Waals surface area contributed by atoms with E-state index in [1.165, 1.54) is 25.3 Å². The Morgan fingerprint density at radius 3 is 2.67 bits per heavy atom. The molecule has 0 bridgehead atoms. The van der Waals surface area contributed by atoms with Crippen LogP contribution in [-0.2, 0) is 9.53 Å². The van der Waals surface area contributed by atoms with Crippen LogP contribution in [-0.4, -0.2) is 40.3 Å². The third kappa shape index (κ3) is 3.51. The van der Waals surface area contributed by atoms with Crippen LogP contribution in [0.15, 0.2) is 18.2 Å². The summed E-state index contributed by atoms with van der Waals surface area (Å²) >= 11 is 0. The number of carbonyl (C=O) groups is 2. The van der Waals surface area contributed by atoms with Gasteiger partial charge in [-0.3, -0.25) is 9.59 Å². The number of nitrogens with zero attached hydrogens (tertiary/aromatic N) is 1. The smallest absolute Gasteiger partial charge is 0.308 e. The van der Waals surface area contributed by atoms with Gasteiger partial charge in [0, 0.05) is 0 Å². The van der Waals surface area contributed by atoms with Crippen molar-refractivity contribution in [3.63, 3.8) is 0 Å². The summed E-state index contributed by atoms with van der Waals surface area (Å²) < 4.78 is 4.36. The highest BCUT2D eigenvalue weighted by Crippen LogP contribution is 2.17. The number of aromatic nitrogens is 1. The highest BCUT2D eigenvalue weighted by atomic mass is 16.5. The minimum atomic E-state index is -1.40. The molecule has 0 aliphatic heterocycles. The van der Waals surface area contributed by atoms with Crippen molar-refractivity contribution in [1.82, 2.24) is 4.98 Å². The third-order valence-electron chi connectivity index (χ3n) is 2.29. The first-order valence-electron chi connectivity index (χ1n) is 5.15. The van der Waals surface area contributed by atoms with Gasteiger partial charge < -0.3 is 20.7 Å². The molecule has 1 aromatic heterocycles. The minimum Gasteiger partial charge on any atom is -0.469 e. The fourth-order valence-electron chi connectivity index (χ4n) is 1.32. The predicted octanol–water partition coefficient (Wildman–Crippen LogP) is -0.862. The number of carbonyl (C=O) groups excluding carboxylic acids is 2. The second-order valence-corrected chi connectivity index (χ2v) is 3.60. The van der Waals surface area contributed by atoms with Gasteiger partial charge in [-0.1, -0.05) is 6.07 Å². The molecule has 7 nitrogen and oxygen atoms in total. The maximum atomic E-state index is 10.9. The Balaban J connectivity index is 2.82. The van der Waals surface area contributed by atoms with Crippen LogP contribution in [0, 0.1) is 0 Å². The van der Waals surface area contributed by atoms with Crippen molar-refractivity contribution < 1.29 is 24.5 Å². The van der Waals surface area contributed by atoms with Crippen LogP contribution in [0.2, 0.25) is 0 Å². The average molecular weight is 254 g/mol. The number of amides is 1. The fourth-order valence-corrected chi connectivity index (χ4v) is 1.32. The van der Waals surface area contributed by atoms with Crippen LogP contribution in [0.3, 0.4) is 0 Å². The number of pyridine rings is 1. The monoisotopic (exact) mass is 254 g/mol. The molecule has 98 valence electrons. The number of methoxy groups -OCH3 is 1. The van der Waals surface area contributed by atoms with Crippen LogP contribution < -0.4 is 5.73 Å². The van der Waals surface area contributed by atoms with Crippen molar-refractivity contribution in [2.45, 2.75) is 18.6 Å². The Labute approximate surface area is 103 Å². The summed E-state index contributed by atoms with van der Waals surface area (Å²) in [5.41, 5.74) is 5.07. The Kier molecular flexibility index (Phi) is 4.75. The summed E-state index contributed by atoms with van der Waals surface area (Å²) in [5.74, 6) is -1.40. The average Bonchev–Trinajstić information content (AvgIpc) is 2.37. The highest BCUT2D eigenvalue weighted by Gasteiger charge is 2.23. The lowest BCUT2D eigenvalue weighted by atomic mass is 10.1. The van der Waals surface area contributed by atoms with E-state index >= 15 is 0 Å². The molecule has 1 aromatic rings. The number of aliphatic hydroxyl groups excluding tert-OH is 2. The summed E-state index contributed by atoms with van der Waals surface area (Å²) in [4.78, 5) is 25.6. The van der Waals surface area contributed by atoms with Crippen molar-refractivity contribution in [1.29, 1.82) is 0 Å². The van der Waals surface area contributed by atoms with E-state index in [0.717, 1.165) is 0 Å². The fraction of sp³-hybridized carbons (Fsp3) is 0.364. The summed E-state index contributed by atoms with van der Waals surface area (Å²) in [7, 11) is 1.17. The van der Waals surface area contributed by atoms with Gasteiger partial charge in [0.15, 0.2) is 0 Å². The van der Waals surface area contributed by atoms with E-state index in [9.17, 15) is 19.8 Å². The molecule has 0 spiro atoms. The zero-order valence-electron chi connectivity index (χ0n) is 9.74. The first kappa shape index (κ1) is 14.1. The molecule has 1 amide bonds. The van der Waals surface area contributed by atoms with E-state index in [0.29, 0.717) is 0 Å². The summed E-state index contributed by atoms with van der Waals surface area (Å²) in [6.07, 6.45) is -3.14. The Hall–Kier alpha value is -1.99. The molecule has 2 atom stereocenters. The van der Waals surface area contributed by atoms with Gasteiger partial charge in [0.05, 0.1) is 25.3 Å². The lowest BCUT2D eigenvalue weighted by Gasteiger charge is -2.16. The van der Waals surface area contributed by atoms with E-state index in [4.69, 9.17) is 5.73 Å². The minimum absolute atomic E-state index is 0.0307. The molecule has 1 heterocycles. The van der Waals surface area contributed by atoms with Crippen molar-refractivity contribution >= 4 is 11.9 Å². The molecule has 2 unspecified atom stereocenters. The largest absolute Gasteiger partial charge is 0.469 e. The van der Waals surface area contributed by atoms with Gasteiger partial charge in [0.25, 0.3) is 5.91 Å². The van der Waals surface area contributed by atoms with Gasteiger partial charge in [-0.05, 0) is 12.1 Å². The Morgan fingerprint density at radius 2 is 2.11 bits per heavy atom.